The van der Waals surface area contributed by atoms with Gasteiger partial charge in [-0.1, -0.05) is 31.0 Å². The number of likely N-dealkylation sites (tertiary alicyclic amines) is 1. The molecule has 5 nitrogen and oxygen atoms in total. The number of piperazine rings is 1. The molecule has 2 aliphatic heterocycles. The number of aryl methyl sites for hydroxylation is 1. The van der Waals surface area contributed by atoms with Crippen molar-refractivity contribution in [2.24, 2.45) is 5.92 Å². The lowest BCUT2D eigenvalue weighted by atomic mass is 9.78. The predicted octanol–water partition coefficient (Wildman–Crippen LogP) is 2.82. The number of benzene rings is 1. The molecule has 1 aliphatic carbocycles. The number of amides is 2. The Morgan fingerprint density at radius 1 is 0.852 bits per heavy atom. The van der Waals surface area contributed by atoms with Crippen LogP contribution in [0.3, 0.4) is 0 Å². The van der Waals surface area contributed by atoms with Crippen molar-refractivity contribution >= 4 is 17.5 Å². The van der Waals surface area contributed by atoms with Gasteiger partial charge in [-0.3, -0.25) is 9.59 Å². The van der Waals surface area contributed by atoms with Crippen molar-refractivity contribution in [3.63, 3.8) is 0 Å². The van der Waals surface area contributed by atoms with Crippen molar-refractivity contribution in [1.82, 2.24) is 9.80 Å². The quantitative estimate of drug-likeness (QED) is 0.715. The van der Waals surface area contributed by atoms with Crippen molar-refractivity contribution in [3.05, 3.63) is 29.8 Å². The average Bonchev–Trinajstić information content (AvgIpc) is 2.73. The fourth-order valence-electron chi connectivity index (χ4n) is 5.20. The van der Waals surface area contributed by atoms with E-state index in [1.165, 1.54) is 36.9 Å². The highest BCUT2D eigenvalue weighted by atomic mass is 16.2. The Morgan fingerprint density at radius 3 is 2.33 bits per heavy atom. The molecule has 1 aromatic carbocycles. The zero-order valence-corrected chi connectivity index (χ0v) is 16.4. The molecule has 0 aromatic heterocycles. The van der Waals surface area contributed by atoms with Crippen LogP contribution in [0.25, 0.3) is 0 Å². The summed E-state index contributed by atoms with van der Waals surface area (Å²) < 4.78 is 0. The number of nitrogens with zero attached hydrogens (tertiary/aromatic N) is 3. The summed E-state index contributed by atoms with van der Waals surface area (Å²) in [6.45, 7) is 5.70. The minimum Gasteiger partial charge on any atom is -0.368 e. The average molecular weight is 370 g/mol. The van der Waals surface area contributed by atoms with Gasteiger partial charge in [0.15, 0.2) is 0 Å². The number of carbonyl (C=O) groups excluding carboxylic acids is 2. The van der Waals surface area contributed by atoms with Crippen molar-refractivity contribution in [2.75, 3.05) is 37.6 Å². The minimum atomic E-state index is -0.286. The van der Waals surface area contributed by atoms with E-state index in [4.69, 9.17) is 0 Å². The molecule has 0 bridgehead atoms. The zero-order valence-electron chi connectivity index (χ0n) is 16.4. The molecule has 1 saturated carbocycles. The van der Waals surface area contributed by atoms with Crippen LogP contribution in [-0.4, -0.2) is 60.4 Å². The van der Waals surface area contributed by atoms with E-state index < -0.39 is 0 Å². The molecule has 0 spiro atoms. The number of hydrogen-bond donors (Lipinski definition) is 0. The number of anilines is 1. The second-order valence-corrected chi connectivity index (χ2v) is 8.32. The summed E-state index contributed by atoms with van der Waals surface area (Å²) in [6, 6.07) is 8.66. The van der Waals surface area contributed by atoms with Gasteiger partial charge < -0.3 is 14.7 Å². The standard InChI is InChI=1S/C22H31N3O2/c1-17-7-2-4-10-19(17)23-13-15-24(16-14-23)21(26)22(27)25-12-6-9-18-8-3-5-11-20(18)25/h2,4,7,10,18,20H,3,5-6,8-9,11-16H2,1H3. The SMILES string of the molecule is Cc1ccccc1N1CCN(C(=O)C(=O)N2CCCC3CCCCC32)CC1. The summed E-state index contributed by atoms with van der Waals surface area (Å²) in [5, 5.41) is 0. The highest BCUT2D eigenvalue weighted by molar-refractivity contribution is 6.35. The van der Waals surface area contributed by atoms with Gasteiger partial charge in [-0.05, 0) is 50.2 Å². The summed E-state index contributed by atoms with van der Waals surface area (Å²) in [4.78, 5) is 31.9. The molecule has 2 heterocycles. The Bertz CT molecular complexity index is 695. The van der Waals surface area contributed by atoms with Crippen molar-refractivity contribution in [2.45, 2.75) is 51.5 Å². The van der Waals surface area contributed by atoms with Gasteiger partial charge in [0, 0.05) is 44.5 Å². The van der Waals surface area contributed by atoms with E-state index in [0.29, 0.717) is 25.0 Å². The Hall–Kier alpha value is -2.04. The topological polar surface area (TPSA) is 43.9 Å². The molecule has 27 heavy (non-hydrogen) atoms. The predicted molar refractivity (Wildman–Crippen MR) is 107 cm³/mol. The van der Waals surface area contributed by atoms with Crippen LogP contribution in [0, 0.1) is 12.8 Å². The third-order valence-corrected chi connectivity index (χ3v) is 6.71. The Morgan fingerprint density at radius 2 is 1.56 bits per heavy atom. The number of rotatable bonds is 1. The third-order valence-electron chi connectivity index (χ3n) is 6.71. The Balaban J connectivity index is 1.37. The molecule has 3 aliphatic rings. The number of fused-ring (bicyclic) bond motifs is 1. The highest BCUT2D eigenvalue weighted by Gasteiger charge is 2.39. The van der Waals surface area contributed by atoms with E-state index in [0.717, 1.165) is 32.5 Å². The molecular weight excluding hydrogens is 338 g/mol. The summed E-state index contributed by atoms with van der Waals surface area (Å²) >= 11 is 0. The zero-order chi connectivity index (χ0) is 18.8. The van der Waals surface area contributed by atoms with Gasteiger partial charge in [0.05, 0.1) is 0 Å². The van der Waals surface area contributed by atoms with Gasteiger partial charge in [-0.25, -0.2) is 0 Å². The Labute approximate surface area is 162 Å². The van der Waals surface area contributed by atoms with Crippen molar-refractivity contribution in [3.8, 4) is 0 Å². The van der Waals surface area contributed by atoms with Crippen molar-refractivity contribution < 1.29 is 9.59 Å². The van der Waals surface area contributed by atoms with Crippen LogP contribution in [0.5, 0.6) is 0 Å². The second kappa shape index (κ2) is 7.91. The molecule has 0 radical (unpaired) electrons. The van der Waals surface area contributed by atoms with Gasteiger partial charge in [-0.15, -0.1) is 0 Å². The third kappa shape index (κ3) is 3.69. The fraction of sp³-hybridized carbons (Fsp3) is 0.636. The number of carbonyl (C=O) groups is 2. The summed E-state index contributed by atoms with van der Waals surface area (Å²) in [5.41, 5.74) is 2.49. The lowest BCUT2D eigenvalue weighted by Gasteiger charge is -2.44. The lowest BCUT2D eigenvalue weighted by Crippen LogP contribution is -2.57. The molecule has 5 heteroatoms. The number of piperidine rings is 1. The Kier molecular flexibility index (Phi) is 5.37. The van der Waals surface area contributed by atoms with Crippen LogP contribution in [0.15, 0.2) is 24.3 Å². The number of para-hydroxylation sites is 1. The first-order chi connectivity index (χ1) is 13.1. The largest absolute Gasteiger partial charge is 0.368 e. The maximum atomic E-state index is 13.0. The molecule has 146 valence electrons. The molecule has 4 rings (SSSR count). The molecule has 2 unspecified atom stereocenters. The first-order valence-corrected chi connectivity index (χ1v) is 10.6. The maximum Gasteiger partial charge on any atom is 0.312 e. The maximum absolute atomic E-state index is 13.0. The molecule has 2 amide bonds. The molecular formula is C22H31N3O2. The van der Waals surface area contributed by atoms with Crippen LogP contribution in [0.1, 0.15) is 44.1 Å². The van der Waals surface area contributed by atoms with E-state index in [2.05, 4.69) is 36.1 Å². The highest BCUT2D eigenvalue weighted by Crippen LogP contribution is 2.35. The van der Waals surface area contributed by atoms with Gasteiger partial charge in [0.25, 0.3) is 0 Å². The van der Waals surface area contributed by atoms with Gasteiger partial charge in [-0.2, -0.15) is 0 Å². The monoisotopic (exact) mass is 369 g/mol. The molecule has 1 aromatic rings. The van der Waals surface area contributed by atoms with E-state index >= 15 is 0 Å². The molecule has 2 saturated heterocycles. The normalized spacial score (nSPS) is 25.9. The van der Waals surface area contributed by atoms with Crippen LogP contribution < -0.4 is 4.90 Å². The fourth-order valence-corrected chi connectivity index (χ4v) is 5.20. The van der Waals surface area contributed by atoms with E-state index in [-0.39, 0.29) is 11.8 Å². The smallest absolute Gasteiger partial charge is 0.312 e. The lowest BCUT2D eigenvalue weighted by molar-refractivity contribution is -0.155. The van der Waals surface area contributed by atoms with Crippen molar-refractivity contribution in [1.29, 1.82) is 0 Å². The van der Waals surface area contributed by atoms with Crippen LogP contribution >= 0.6 is 0 Å². The van der Waals surface area contributed by atoms with Crippen LogP contribution in [0.4, 0.5) is 5.69 Å². The van der Waals surface area contributed by atoms with Crippen LogP contribution in [0.2, 0.25) is 0 Å². The van der Waals surface area contributed by atoms with Crippen LogP contribution in [-0.2, 0) is 9.59 Å². The van der Waals surface area contributed by atoms with Gasteiger partial charge in [0.2, 0.25) is 0 Å². The summed E-state index contributed by atoms with van der Waals surface area (Å²) in [5.74, 6) is 0.0729. The van der Waals surface area contributed by atoms with Gasteiger partial charge >= 0.3 is 11.8 Å². The van der Waals surface area contributed by atoms with Gasteiger partial charge in [0.1, 0.15) is 0 Å². The second-order valence-electron chi connectivity index (χ2n) is 8.32. The first kappa shape index (κ1) is 18.3. The van der Waals surface area contributed by atoms with E-state index in [9.17, 15) is 9.59 Å². The molecule has 0 N–H and O–H groups in total. The first-order valence-electron chi connectivity index (χ1n) is 10.6. The summed E-state index contributed by atoms with van der Waals surface area (Å²) in [6.07, 6.45) is 7.02. The summed E-state index contributed by atoms with van der Waals surface area (Å²) in [7, 11) is 0. The minimum absolute atomic E-state index is 0.254. The molecule has 3 fully saturated rings. The number of hydrogen-bond acceptors (Lipinski definition) is 3. The van der Waals surface area contributed by atoms with E-state index in [1.807, 2.05) is 4.90 Å². The molecule has 2 atom stereocenters. The van der Waals surface area contributed by atoms with E-state index in [1.54, 1.807) is 4.90 Å².